The van der Waals surface area contributed by atoms with Gasteiger partial charge in [0.05, 0.1) is 0 Å². The fourth-order valence-corrected chi connectivity index (χ4v) is 2.23. The molecule has 0 saturated carbocycles. The third-order valence-corrected chi connectivity index (χ3v) is 2.98. The fraction of sp³-hybridized carbons (Fsp3) is 0.333. The number of carbonyl (C=O) groups is 2. The van der Waals surface area contributed by atoms with Crippen molar-refractivity contribution < 1.29 is 9.59 Å². The average molecular weight is 223 g/mol. The Hall–Kier alpha value is -1.15. The first-order valence-electron chi connectivity index (χ1n) is 4.99. The van der Waals surface area contributed by atoms with Crippen LogP contribution in [0.15, 0.2) is 24.3 Å². The fourth-order valence-electron chi connectivity index (χ4n) is 2.05. The molecule has 0 aromatic heterocycles. The van der Waals surface area contributed by atoms with Gasteiger partial charge in [-0.05, 0) is 30.0 Å². The van der Waals surface area contributed by atoms with Crippen LogP contribution in [0.1, 0.15) is 28.8 Å². The maximum absolute atomic E-state index is 11.9. The van der Waals surface area contributed by atoms with Crippen LogP contribution in [0.4, 0.5) is 0 Å². The van der Waals surface area contributed by atoms with E-state index in [4.69, 9.17) is 11.6 Å². The molecule has 0 heterocycles. The lowest BCUT2D eigenvalue weighted by molar-refractivity contribution is -0.112. The van der Waals surface area contributed by atoms with E-state index >= 15 is 0 Å². The van der Waals surface area contributed by atoms with Gasteiger partial charge in [-0.1, -0.05) is 24.3 Å². The summed E-state index contributed by atoms with van der Waals surface area (Å²) in [5.41, 5.74) is 1.84. The molecular formula is C12H11ClO2. The molecule has 0 bridgehead atoms. The second-order valence-electron chi connectivity index (χ2n) is 3.82. The third-order valence-electron chi connectivity index (χ3n) is 2.82. The number of hydrogen-bond donors (Lipinski definition) is 0. The van der Waals surface area contributed by atoms with Crippen LogP contribution < -0.4 is 0 Å². The standard InChI is InChI=1S/C12H11ClO2/c13-11(14)7-9-6-5-8-3-1-2-4-10(8)12(9)15/h1-4,9H,5-7H2. The monoisotopic (exact) mass is 222 g/mol. The van der Waals surface area contributed by atoms with Crippen molar-refractivity contribution in [2.45, 2.75) is 19.3 Å². The predicted octanol–water partition coefficient (Wildman–Crippen LogP) is 2.59. The Morgan fingerprint density at radius 1 is 1.40 bits per heavy atom. The van der Waals surface area contributed by atoms with Gasteiger partial charge in [-0.15, -0.1) is 0 Å². The van der Waals surface area contributed by atoms with Gasteiger partial charge in [-0.3, -0.25) is 9.59 Å². The number of carbonyl (C=O) groups excluding carboxylic acids is 2. The van der Waals surface area contributed by atoms with Crippen LogP contribution in [0.25, 0.3) is 0 Å². The average Bonchev–Trinajstić information content (AvgIpc) is 2.22. The molecule has 0 aliphatic heterocycles. The quantitative estimate of drug-likeness (QED) is 0.721. The zero-order valence-corrected chi connectivity index (χ0v) is 8.96. The van der Waals surface area contributed by atoms with E-state index in [0.29, 0.717) is 0 Å². The zero-order chi connectivity index (χ0) is 10.8. The van der Waals surface area contributed by atoms with Gasteiger partial charge in [0.1, 0.15) is 0 Å². The van der Waals surface area contributed by atoms with E-state index in [1.165, 1.54) is 0 Å². The Morgan fingerprint density at radius 2 is 2.13 bits per heavy atom. The Morgan fingerprint density at radius 3 is 2.87 bits per heavy atom. The minimum Gasteiger partial charge on any atom is -0.294 e. The van der Waals surface area contributed by atoms with E-state index in [-0.39, 0.29) is 18.1 Å². The topological polar surface area (TPSA) is 34.1 Å². The first-order chi connectivity index (χ1) is 7.18. The number of Topliss-reactive ketones (excluding diaryl/α,β-unsaturated/α-hetero) is 1. The van der Waals surface area contributed by atoms with Crippen LogP contribution in [-0.2, 0) is 11.2 Å². The van der Waals surface area contributed by atoms with Crippen LogP contribution in [0.2, 0.25) is 0 Å². The Labute approximate surface area is 93.2 Å². The molecule has 2 nitrogen and oxygen atoms in total. The molecule has 3 heteroatoms. The van der Waals surface area contributed by atoms with Crippen molar-refractivity contribution in [1.29, 1.82) is 0 Å². The second-order valence-corrected chi connectivity index (χ2v) is 4.24. The van der Waals surface area contributed by atoms with E-state index < -0.39 is 5.24 Å². The van der Waals surface area contributed by atoms with Crippen LogP contribution in [0.5, 0.6) is 0 Å². The van der Waals surface area contributed by atoms with Crippen LogP contribution in [-0.4, -0.2) is 11.0 Å². The predicted molar refractivity (Wildman–Crippen MR) is 58.1 cm³/mol. The summed E-state index contributed by atoms with van der Waals surface area (Å²) in [6.07, 6.45) is 1.75. The Bertz CT molecular complexity index is 412. The lowest BCUT2D eigenvalue weighted by atomic mass is 9.81. The van der Waals surface area contributed by atoms with Crippen LogP contribution in [0.3, 0.4) is 0 Å². The summed E-state index contributed by atoms with van der Waals surface area (Å²) < 4.78 is 0. The smallest absolute Gasteiger partial charge is 0.222 e. The van der Waals surface area contributed by atoms with Gasteiger partial charge in [0.15, 0.2) is 5.78 Å². The molecule has 1 aromatic carbocycles. The number of halogens is 1. The number of fused-ring (bicyclic) bond motifs is 1. The number of rotatable bonds is 2. The molecule has 0 radical (unpaired) electrons. The van der Waals surface area contributed by atoms with Gasteiger partial charge in [0, 0.05) is 17.9 Å². The van der Waals surface area contributed by atoms with Crippen molar-refractivity contribution in [2.75, 3.05) is 0 Å². The molecule has 0 spiro atoms. The van der Waals surface area contributed by atoms with Crippen molar-refractivity contribution in [2.24, 2.45) is 5.92 Å². The summed E-state index contributed by atoms with van der Waals surface area (Å²) in [4.78, 5) is 22.7. The lowest BCUT2D eigenvalue weighted by Gasteiger charge is -2.21. The van der Waals surface area contributed by atoms with E-state index in [9.17, 15) is 9.59 Å². The van der Waals surface area contributed by atoms with E-state index in [0.717, 1.165) is 24.0 Å². The molecule has 0 amide bonds. The molecule has 1 unspecified atom stereocenters. The number of hydrogen-bond acceptors (Lipinski definition) is 2. The Kier molecular flexibility index (Phi) is 2.87. The molecule has 1 aliphatic carbocycles. The minimum atomic E-state index is -0.423. The highest BCUT2D eigenvalue weighted by molar-refractivity contribution is 6.63. The maximum atomic E-state index is 11.9. The van der Waals surface area contributed by atoms with Crippen molar-refractivity contribution >= 4 is 22.6 Å². The van der Waals surface area contributed by atoms with Crippen molar-refractivity contribution in [3.63, 3.8) is 0 Å². The molecule has 1 atom stereocenters. The summed E-state index contributed by atoms with van der Waals surface area (Å²) >= 11 is 5.31. The molecule has 1 aliphatic rings. The summed E-state index contributed by atoms with van der Waals surface area (Å²) in [6.45, 7) is 0. The molecule has 0 N–H and O–H groups in total. The third kappa shape index (κ3) is 2.10. The van der Waals surface area contributed by atoms with Crippen molar-refractivity contribution in [3.05, 3.63) is 35.4 Å². The summed E-state index contributed by atoms with van der Waals surface area (Å²) in [6, 6.07) is 7.56. The number of ketones is 1. The molecule has 0 saturated heterocycles. The highest BCUT2D eigenvalue weighted by Crippen LogP contribution is 2.27. The van der Waals surface area contributed by atoms with Gasteiger partial charge in [0.2, 0.25) is 5.24 Å². The van der Waals surface area contributed by atoms with Crippen molar-refractivity contribution in [3.8, 4) is 0 Å². The highest BCUT2D eigenvalue weighted by Gasteiger charge is 2.28. The molecule has 2 rings (SSSR count). The lowest BCUT2D eigenvalue weighted by Crippen LogP contribution is -2.23. The van der Waals surface area contributed by atoms with Crippen molar-refractivity contribution in [1.82, 2.24) is 0 Å². The number of benzene rings is 1. The number of aryl methyl sites for hydroxylation is 1. The van der Waals surface area contributed by atoms with E-state index in [1.54, 1.807) is 0 Å². The van der Waals surface area contributed by atoms with Crippen LogP contribution >= 0.6 is 11.6 Å². The minimum absolute atomic E-state index is 0.0610. The summed E-state index contributed by atoms with van der Waals surface area (Å²) in [5.74, 6) is -0.157. The normalized spacial score (nSPS) is 19.8. The molecular weight excluding hydrogens is 212 g/mol. The SMILES string of the molecule is O=C(Cl)CC1CCc2ccccc2C1=O. The van der Waals surface area contributed by atoms with Gasteiger partial charge in [0.25, 0.3) is 0 Å². The van der Waals surface area contributed by atoms with Gasteiger partial charge in [-0.25, -0.2) is 0 Å². The first-order valence-corrected chi connectivity index (χ1v) is 5.36. The molecule has 1 aromatic rings. The van der Waals surface area contributed by atoms with Crippen LogP contribution in [0, 0.1) is 5.92 Å². The maximum Gasteiger partial charge on any atom is 0.222 e. The van der Waals surface area contributed by atoms with Gasteiger partial charge in [-0.2, -0.15) is 0 Å². The van der Waals surface area contributed by atoms with Gasteiger partial charge >= 0.3 is 0 Å². The zero-order valence-electron chi connectivity index (χ0n) is 8.20. The Balaban J connectivity index is 2.26. The van der Waals surface area contributed by atoms with Gasteiger partial charge < -0.3 is 0 Å². The van der Waals surface area contributed by atoms with E-state index in [2.05, 4.69) is 0 Å². The molecule has 15 heavy (non-hydrogen) atoms. The van der Waals surface area contributed by atoms with E-state index in [1.807, 2.05) is 24.3 Å². The summed E-state index contributed by atoms with van der Waals surface area (Å²) in [5, 5.41) is -0.423. The first kappa shape index (κ1) is 10.4. The highest BCUT2D eigenvalue weighted by atomic mass is 35.5. The second kappa shape index (κ2) is 4.15. The summed E-state index contributed by atoms with van der Waals surface area (Å²) in [7, 11) is 0. The molecule has 0 fully saturated rings. The molecule has 78 valence electrons. The largest absolute Gasteiger partial charge is 0.294 e.